The summed E-state index contributed by atoms with van der Waals surface area (Å²) in [4.78, 5) is 24.6. The molecule has 0 aliphatic carbocycles. The van der Waals surface area contributed by atoms with E-state index in [0.717, 1.165) is 16.5 Å². The van der Waals surface area contributed by atoms with Gasteiger partial charge in [-0.3, -0.25) is 4.31 Å². The van der Waals surface area contributed by atoms with Crippen LogP contribution >= 0.6 is 0 Å². The minimum atomic E-state index is -3.85. The Bertz CT molecular complexity index is 1590. The van der Waals surface area contributed by atoms with Gasteiger partial charge in [-0.25, -0.2) is 18.0 Å². The van der Waals surface area contributed by atoms with Crippen molar-refractivity contribution in [1.29, 1.82) is 0 Å². The molecule has 0 N–H and O–H groups in total. The first-order valence-electron chi connectivity index (χ1n) is 10.9. The molecule has 172 valence electrons. The number of ether oxygens (including phenoxy) is 1. The number of carbonyl (C=O) groups is 1. The SMILES string of the molecule is CCc1cc(=O)oc2cc(OC(=O)c3cccc(S(=O)(=O)N4CCc5ccccc54)c3)ccc12. The molecule has 0 fully saturated rings. The number of rotatable bonds is 5. The van der Waals surface area contributed by atoms with Crippen molar-refractivity contribution in [2.45, 2.75) is 24.7 Å². The molecule has 0 saturated carbocycles. The summed E-state index contributed by atoms with van der Waals surface area (Å²) in [5.41, 5.74) is 2.39. The zero-order valence-corrected chi connectivity index (χ0v) is 19.2. The van der Waals surface area contributed by atoms with Crippen LogP contribution in [0.5, 0.6) is 5.75 Å². The molecular formula is C26H21NO6S. The summed E-state index contributed by atoms with van der Waals surface area (Å²) < 4.78 is 38.7. The largest absolute Gasteiger partial charge is 0.423 e. The number of sulfonamides is 1. The van der Waals surface area contributed by atoms with Crippen LogP contribution in [0.15, 0.2) is 86.9 Å². The second kappa shape index (κ2) is 8.46. The van der Waals surface area contributed by atoms with E-state index in [2.05, 4.69) is 0 Å². The molecule has 1 aromatic heterocycles. The second-order valence-corrected chi connectivity index (χ2v) is 9.84. The Hall–Kier alpha value is -3.91. The molecule has 5 rings (SSSR count). The Morgan fingerprint density at radius 3 is 2.68 bits per heavy atom. The van der Waals surface area contributed by atoms with Gasteiger partial charge >= 0.3 is 11.6 Å². The van der Waals surface area contributed by atoms with Gasteiger partial charge in [-0.2, -0.15) is 0 Å². The van der Waals surface area contributed by atoms with Crippen molar-refractivity contribution in [3.05, 3.63) is 99.9 Å². The lowest BCUT2D eigenvalue weighted by Crippen LogP contribution is -2.29. The fraction of sp³-hybridized carbons (Fsp3) is 0.154. The summed E-state index contributed by atoms with van der Waals surface area (Å²) in [5, 5.41) is 0.765. The molecule has 0 saturated heterocycles. The van der Waals surface area contributed by atoms with E-state index >= 15 is 0 Å². The van der Waals surface area contributed by atoms with Crippen LogP contribution < -0.4 is 14.7 Å². The maximum absolute atomic E-state index is 13.3. The van der Waals surface area contributed by atoms with Gasteiger partial charge in [0.05, 0.1) is 16.1 Å². The number of hydrogen-bond acceptors (Lipinski definition) is 6. The number of carbonyl (C=O) groups excluding carboxylic acids is 1. The molecule has 7 nitrogen and oxygen atoms in total. The van der Waals surface area contributed by atoms with Gasteiger partial charge in [0.25, 0.3) is 10.0 Å². The van der Waals surface area contributed by atoms with Crippen molar-refractivity contribution >= 4 is 32.6 Å². The lowest BCUT2D eigenvalue weighted by atomic mass is 10.1. The Balaban J connectivity index is 1.43. The van der Waals surface area contributed by atoms with E-state index in [0.29, 0.717) is 30.7 Å². The van der Waals surface area contributed by atoms with Crippen molar-refractivity contribution in [2.75, 3.05) is 10.8 Å². The number of hydrogen-bond donors (Lipinski definition) is 0. The molecule has 1 aliphatic heterocycles. The number of nitrogens with zero attached hydrogens (tertiary/aromatic N) is 1. The molecule has 1 aliphatic rings. The highest BCUT2D eigenvalue weighted by Crippen LogP contribution is 2.33. The number of fused-ring (bicyclic) bond motifs is 2. The third-order valence-corrected chi connectivity index (χ3v) is 7.70. The smallest absolute Gasteiger partial charge is 0.343 e. The standard InChI is InChI=1S/C26H21NO6S/c1-2-17-15-25(28)33-24-16-20(10-11-22(17)24)32-26(29)19-7-5-8-21(14-19)34(30,31)27-13-12-18-6-3-4-9-23(18)27/h3-11,14-16H,2,12-13H2,1H3. The lowest BCUT2D eigenvalue weighted by Gasteiger charge is -2.19. The van der Waals surface area contributed by atoms with Crippen LogP contribution in [-0.4, -0.2) is 20.9 Å². The van der Waals surface area contributed by atoms with Crippen LogP contribution in [-0.2, 0) is 22.9 Å². The third kappa shape index (κ3) is 3.86. The lowest BCUT2D eigenvalue weighted by molar-refractivity contribution is 0.0734. The van der Waals surface area contributed by atoms with Crippen molar-refractivity contribution in [1.82, 2.24) is 0 Å². The topological polar surface area (TPSA) is 93.9 Å². The molecule has 0 unspecified atom stereocenters. The molecule has 0 amide bonds. The number of aryl methyl sites for hydroxylation is 1. The highest BCUT2D eigenvalue weighted by molar-refractivity contribution is 7.92. The van der Waals surface area contributed by atoms with Crippen LogP contribution in [0.25, 0.3) is 11.0 Å². The van der Waals surface area contributed by atoms with Crippen molar-refractivity contribution < 1.29 is 22.4 Å². The fourth-order valence-corrected chi connectivity index (χ4v) is 5.75. The molecule has 0 bridgehead atoms. The maximum atomic E-state index is 13.3. The molecule has 8 heteroatoms. The van der Waals surface area contributed by atoms with Gasteiger partial charge in [0.1, 0.15) is 11.3 Å². The van der Waals surface area contributed by atoms with E-state index in [1.165, 1.54) is 40.7 Å². The molecule has 0 spiro atoms. The van der Waals surface area contributed by atoms with E-state index < -0.39 is 21.6 Å². The Morgan fingerprint density at radius 2 is 1.85 bits per heavy atom. The predicted molar refractivity (Wildman–Crippen MR) is 128 cm³/mol. The van der Waals surface area contributed by atoms with Crippen LogP contribution in [0.1, 0.15) is 28.4 Å². The van der Waals surface area contributed by atoms with E-state index in [1.807, 2.05) is 19.1 Å². The average Bonchev–Trinajstić information content (AvgIpc) is 3.28. The molecule has 2 heterocycles. The monoisotopic (exact) mass is 475 g/mol. The minimum absolute atomic E-state index is 0.00995. The molecule has 3 aromatic carbocycles. The third-order valence-electron chi connectivity index (χ3n) is 5.90. The summed E-state index contributed by atoms with van der Waals surface area (Å²) in [5.74, 6) is -0.525. The Morgan fingerprint density at radius 1 is 1.03 bits per heavy atom. The molecular weight excluding hydrogens is 454 g/mol. The highest BCUT2D eigenvalue weighted by atomic mass is 32.2. The summed E-state index contributed by atoms with van der Waals surface area (Å²) in [6.07, 6.45) is 1.29. The Labute approximate surface area is 196 Å². The van der Waals surface area contributed by atoms with E-state index in [4.69, 9.17) is 9.15 Å². The highest BCUT2D eigenvalue weighted by Gasteiger charge is 2.31. The van der Waals surface area contributed by atoms with Gasteiger partial charge in [-0.1, -0.05) is 31.2 Å². The predicted octanol–water partition coefficient (Wildman–Crippen LogP) is 4.33. The first-order chi connectivity index (χ1) is 16.4. The van der Waals surface area contributed by atoms with Crippen molar-refractivity contribution in [3.63, 3.8) is 0 Å². The van der Waals surface area contributed by atoms with Crippen LogP contribution in [0, 0.1) is 0 Å². The van der Waals surface area contributed by atoms with Crippen molar-refractivity contribution in [3.8, 4) is 5.75 Å². The van der Waals surface area contributed by atoms with Gasteiger partial charge in [0.15, 0.2) is 0 Å². The quantitative estimate of drug-likeness (QED) is 0.242. The zero-order chi connectivity index (χ0) is 23.9. The van der Waals surface area contributed by atoms with Gasteiger partial charge in [-0.15, -0.1) is 0 Å². The number of benzene rings is 3. The summed E-state index contributed by atoms with van der Waals surface area (Å²) in [7, 11) is -3.85. The van der Waals surface area contributed by atoms with E-state index in [1.54, 1.807) is 24.3 Å². The molecule has 4 aromatic rings. The summed E-state index contributed by atoms with van der Waals surface area (Å²) in [6.45, 7) is 2.28. The normalized spacial score (nSPS) is 13.1. The number of anilines is 1. The van der Waals surface area contributed by atoms with Gasteiger partial charge in [0, 0.05) is 24.1 Å². The number of esters is 1. The van der Waals surface area contributed by atoms with Crippen LogP contribution in [0.3, 0.4) is 0 Å². The van der Waals surface area contributed by atoms with Crippen LogP contribution in [0.4, 0.5) is 5.69 Å². The van der Waals surface area contributed by atoms with Gasteiger partial charge in [0.2, 0.25) is 0 Å². The summed E-state index contributed by atoms with van der Waals surface area (Å²) in [6, 6.07) is 19.4. The zero-order valence-electron chi connectivity index (χ0n) is 18.4. The first kappa shape index (κ1) is 21.9. The molecule has 0 radical (unpaired) electrons. The van der Waals surface area contributed by atoms with Crippen molar-refractivity contribution in [2.24, 2.45) is 0 Å². The molecule has 0 atom stereocenters. The van der Waals surface area contributed by atoms with Crippen LogP contribution in [0.2, 0.25) is 0 Å². The number of para-hydroxylation sites is 1. The summed E-state index contributed by atoms with van der Waals surface area (Å²) >= 11 is 0. The maximum Gasteiger partial charge on any atom is 0.343 e. The van der Waals surface area contributed by atoms with E-state index in [9.17, 15) is 18.0 Å². The first-order valence-corrected chi connectivity index (χ1v) is 12.3. The average molecular weight is 476 g/mol. The van der Waals surface area contributed by atoms with Gasteiger partial charge in [-0.05, 0) is 60.4 Å². The fourth-order valence-electron chi connectivity index (χ4n) is 4.20. The van der Waals surface area contributed by atoms with Gasteiger partial charge < -0.3 is 9.15 Å². The second-order valence-electron chi connectivity index (χ2n) is 7.98. The molecule has 34 heavy (non-hydrogen) atoms. The Kier molecular flexibility index (Phi) is 5.45. The van der Waals surface area contributed by atoms with E-state index in [-0.39, 0.29) is 16.2 Å². The minimum Gasteiger partial charge on any atom is -0.423 e.